The molecule has 0 bridgehead atoms. The van der Waals surface area contributed by atoms with Crippen LogP contribution in [0.1, 0.15) is 24.3 Å². The summed E-state index contributed by atoms with van der Waals surface area (Å²) in [6.07, 6.45) is 0.0967. The molecule has 17 heavy (non-hydrogen) atoms. The van der Waals surface area contributed by atoms with E-state index in [1.54, 1.807) is 0 Å². The van der Waals surface area contributed by atoms with Gasteiger partial charge in [-0.2, -0.15) is 0 Å². The van der Waals surface area contributed by atoms with Gasteiger partial charge in [-0.15, -0.1) is 0 Å². The van der Waals surface area contributed by atoms with E-state index in [-0.39, 0.29) is 12.8 Å². The van der Waals surface area contributed by atoms with Gasteiger partial charge in [0.15, 0.2) is 0 Å². The molecular formula is C11H9F2NO3. The topological polar surface area (TPSA) is 66.4 Å². The second-order valence-corrected chi connectivity index (χ2v) is 3.83. The predicted octanol–water partition coefficient (Wildman–Crippen LogP) is 1.19. The molecule has 0 aromatic heterocycles. The molecule has 90 valence electrons. The highest BCUT2D eigenvalue weighted by molar-refractivity contribution is 6.00. The lowest BCUT2D eigenvalue weighted by molar-refractivity contribution is -0.134. The van der Waals surface area contributed by atoms with Crippen molar-refractivity contribution in [2.45, 2.75) is 18.8 Å². The maximum Gasteiger partial charge on any atom is 0.234 e. The van der Waals surface area contributed by atoms with E-state index in [4.69, 9.17) is 5.11 Å². The largest absolute Gasteiger partial charge is 0.508 e. The molecule has 0 aliphatic carbocycles. The Balaban J connectivity index is 2.40. The van der Waals surface area contributed by atoms with Crippen LogP contribution in [0, 0.1) is 11.6 Å². The van der Waals surface area contributed by atoms with Crippen molar-refractivity contribution in [1.29, 1.82) is 0 Å². The molecule has 0 saturated carbocycles. The summed E-state index contributed by atoms with van der Waals surface area (Å²) in [4.78, 5) is 22.4. The standard InChI is InChI=1S/C11H9F2NO3/c12-7-3-5(15)4-8(13)10(7)6-1-2-9(16)14-11(6)17/h3-4,6,15H,1-2H2,(H,14,16,17). The molecule has 1 aromatic carbocycles. The number of hydrogen-bond acceptors (Lipinski definition) is 3. The van der Waals surface area contributed by atoms with Gasteiger partial charge in [0.1, 0.15) is 17.4 Å². The summed E-state index contributed by atoms with van der Waals surface area (Å²) in [6, 6.07) is 1.48. The normalized spacial score (nSPS) is 20.2. The van der Waals surface area contributed by atoms with E-state index in [1.165, 1.54) is 0 Å². The van der Waals surface area contributed by atoms with Crippen LogP contribution in [-0.2, 0) is 9.59 Å². The third-order valence-corrected chi connectivity index (χ3v) is 2.65. The molecular weight excluding hydrogens is 232 g/mol. The van der Waals surface area contributed by atoms with Crippen LogP contribution in [-0.4, -0.2) is 16.9 Å². The zero-order valence-corrected chi connectivity index (χ0v) is 8.67. The first kappa shape index (κ1) is 11.5. The van der Waals surface area contributed by atoms with Gasteiger partial charge in [0.25, 0.3) is 0 Å². The number of carbonyl (C=O) groups excluding carboxylic acids is 2. The van der Waals surface area contributed by atoms with Gasteiger partial charge in [0.2, 0.25) is 11.8 Å². The lowest BCUT2D eigenvalue weighted by atomic mass is 9.89. The number of phenols is 1. The van der Waals surface area contributed by atoms with E-state index in [2.05, 4.69) is 0 Å². The Labute approximate surface area is 95.2 Å². The van der Waals surface area contributed by atoms with Crippen LogP contribution in [0.25, 0.3) is 0 Å². The molecule has 1 heterocycles. The van der Waals surface area contributed by atoms with E-state index in [1.807, 2.05) is 5.32 Å². The Kier molecular flexibility index (Phi) is 2.79. The number of benzene rings is 1. The minimum atomic E-state index is -1.03. The minimum Gasteiger partial charge on any atom is -0.508 e. The maximum absolute atomic E-state index is 13.5. The van der Waals surface area contributed by atoms with Crippen molar-refractivity contribution in [3.63, 3.8) is 0 Å². The highest BCUT2D eigenvalue weighted by Gasteiger charge is 2.32. The van der Waals surface area contributed by atoms with Crippen LogP contribution in [0.2, 0.25) is 0 Å². The van der Waals surface area contributed by atoms with Gasteiger partial charge in [-0.1, -0.05) is 0 Å². The van der Waals surface area contributed by atoms with Crippen LogP contribution in [0.3, 0.4) is 0 Å². The summed E-state index contributed by atoms with van der Waals surface area (Å²) in [5, 5.41) is 11.0. The SMILES string of the molecule is O=C1CCC(c2c(F)cc(O)cc2F)C(=O)N1. The first-order chi connectivity index (χ1) is 7.99. The summed E-state index contributed by atoms with van der Waals surface area (Å²) >= 11 is 0. The molecule has 4 nitrogen and oxygen atoms in total. The van der Waals surface area contributed by atoms with Gasteiger partial charge in [-0.3, -0.25) is 14.9 Å². The van der Waals surface area contributed by atoms with E-state index in [0.717, 1.165) is 12.1 Å². The van der Waals surface area contributed by atoms with Crippen LogP contribution in [0.5, 0.6) is 5.75 Å². The highest BCUT2D eigenvalue weighted by Crippen LogP contribution is 2.31. The van der Waals surface area contributed by atoms with E-state index < -0.39 is 40.7 Å². The van der Waals surface area contributed by atoms with Gasteiger partial charge in [0, 0.05) is 24.1 Å². The molecule has 0 radical (unpaired) electrons. The summed E-state index contributed by atoms with van der Waals surface area (Å²) in [5.41, 5.74) is -0.409. The first-order valence-electron chi connectivity index (χ1n) is 5.00. The van der Waals surface area contributed by atoms with Crippen molar-refractivity contribution in [2.75, 3.05) is 0 Å². The zero-order chi connectivity index (χ0) is 12.6. The van der Waals surface area contributed by atoms with Crippen molar-refractivity contribution in [3.05, 3.63) is 29.3 Å². The first-order valence-corrected chi connectivity index (χ1v) is 5.00. The summed E-state index contributed by atoms with van der Waals surface area (Å²) in [5.74, 6) is -4.73. The van der Waals surface area contributed by atoms with Crippen molar-refractivity contribution < 1.29 is 23.5 Å². The highest BCUT2D eigenvalue weighted by atomic mass is 19.1. The fraction of sp³-hybridized carbons (Fsp3) is 0.273. The van der Waals surface area contributed by atoms with E-state index in [9.17, 15) is 18.4 Å². The number of rotatable bonds is 1. The Morgan fingerprint density at radius 2 is 1.82 bits per heavy atom. The molecule has 1 aliphatic heterocycles. The van der Waals surface area contributed by atoms with Crippen molar-refractivity contribution in [2.24, 2.45) is 0 Å². The maximum atomic E-state index is 13.5. The fourth-order valence-electron chi connectivity index (χ4n) is 1.87. The molecule has 1 aromatic rings. The number of carbonyl (C=O) groups is 2. The average Bonchev–Trinajstić information content (AvgIpc) is 2.19. The monoisotopic (exact) mass is 241 g/mol. The predicted molar refractivity (Wildman–Crippen MR) is 53.1 cm³/mol. The third-order valence-electron chi connectivity index (χ3n) is 2.65. The Morgan fingerprint density at radius 3 is 2.35 bits per heavy atom. The van der Waals surface area contributed by atoms with Crippen LogP contribution in [0.4, 0.5) is 8.78 Å². The molecule has 2 rings (SSSR count). The third kappa shape index (κ3) is 2.11. The smallest absolute Gasteiger partial charge is 0.234 e. The minimum absolute atomic E-state index is 0.0379. The Bertz CT molecular complexity index is 478. The molecule has 0 spiro atoms. The van der Waals surface area contributed by atoms with Gasteiger partial charge < -0.3 is 5.11 Å². The lowest BCUT2D eigenvalue weighted by Crippen LogP contribution is -2.40. The number of hydrogen-bond donors (Lipinski definition) is 2. The second-order valence-electron chi connectivity index (χ2n) is 3.83. The summed E-state index contributed by atoms with van der Waals surface area (Å²) in [6.45, 7) is 0. The molecule has 1 aliphatic rings. The van der Waals surface area contributed by atoms with Crippen molar-refractivity contribution in [1.82, 2.24) is 5.32 Å². The molecule has 1 fully saturated rings. The molecule has 1 unspecified atom stereocenters. The van der Waals surface area contributed by atoms with E-state index in [0.29, 0.717) is 0 Å². The molecule has 2 N–H and O–H groups in total. The molecule has 1 saturated heterocycles. The quantitative estimate of drug-likeness (QED) is 0.726. The van der Waals surface area contributed by atoms with Gasteiger partial charge in [-0.05, 0) is 6.42 Å². The van der Waals surface area contributed by atoms with Crippen LogP contribution >= 0.6 is 0 Å². The molecule has 2 amide bonds. The second kappa shape index (κ2) is 4.12. The molecule has 6 heteroatoms. The number of nitrogens with one attached hydrogen (secondary N) is 1. The fourth-order valence-corrected chi connectivity index (χ4v) is 1.87. The zero-order valence-electron chi connectivity index (χ0n) is 8.67. The van der Waals surface area contributed by atoms with E-state index >= 15 is 0 Å². The average molecular weight is 241 g/mol. The van der Waals surface area contributed by atoms with Gasteiger partial charge in [-0.25, -0.2) is 8.78 Å². The van der Waals surface area contributed by atoms with Crippen LogP contribution in [0.15, 0.2) is 12.1 Å². The number of amides is 2. The van der Waals surface area contributed by atoms with Crippen molar-refractivity contribution >= 4 is 11.8 Å². The number of phenolic OH excluding ortho intramolecular Hbond substituents is 1. The molecule has 1 atom stereocenters. The van der Waals surface area contributed by atoms with Crippen LogP contribution < -0.4 is 5.32 Å². The van der Waals surface area contributed by atoms with Crippen molar-refractivity contribution in [3.8, 4) is 5.75 Å². The number of halogens is 2. The summed E-state index contributed by atoms with van der Waals surface area (Å²) < 4.78 is 27.0. The van der Waals surface area contributed by atoms with Gasteiger partial charge >= 0.3 is 0 Å². The summed E-state index contributed by atoms with van der Waals surface area (Å²) in [7, 11) is 0. The van der Waals surface area contributed by atoms with Gasteiger partial charge in [0.05, 0.1) is 5.92 Å². The number of aromatic hydroxyl groups is 1. The number of imide groups is 1. The lowest BCUT2D eigenvalue weighted by Gasteiger charge is -2.21. The Hall–Kier alpha value is -1.98. The Morgan fingerprint density at radius 1 is 1.24 bits per heavy atom. The number of piperidine rings is 1.